The third-order valence-electron chi connectivity index (χ3n) is 3.42. The van der Waals surface area contributed by atoms with E-state index in [-0.39, 0.29) is 0 Å². The van der Waals surface area contributed by atoms with E-state index in [0.29, 0.717) is 6.04 Å². The highest BCUT2D eigenvalue weighted by Gasteiger charge is 2.19. The molecule has 0 saturated carbocycles. The molecule has 2 atom stereocenters. The van der Waals surface area contributed by atoms with Gasteiger partial charge in [-0.1, -0.05) is 12.8 Å². The molecule has 0 aromatic heterocycles. The van der Waals surface area contributed by atoms with Gasteiger partial charge in [0.2, 0.25) is 0 Å². The van der Waals surface area contributed by atoms with Crippen molar-refractivity contribution in [3.8, 4) is 0 Å². The van der Waals surface area contributed by atoms with Crippen molar-refractivity contribution in [3.63, 3.8) is 0 Å². The zero-order valence-corrected chi connectivity index (χ0v) is 10.5. The summed E-state index contributed by atoms with van der Waals surface area (Å²) in [5.74, 6) is 0. The fourth-order valence-electron chi connectivity index (χ4n) is 2.32. The van der Waals surface area contributed by atoms with Gasteiger partial charge < -0.3 is 10.1 Å². The van der Waals surface area contributed by atoms with Crippen LogP contribution >= 0.6 is 0 Å². The highest BCUT2D eigenvalue weighted by Crippen LogP contribution is 2.16. The second-order valence-corrected chi connectivity index (χ2v) is 4.63. The number of nitrogens with zero attached hydrogens (tertiary/aromatic N) is 1. The molecule has 1 fully saturated rings. The molecule has 1 heterocycles. The first-order valence-corrected chi connectivity index (χ1v) is 6.18. The lowest BCUT2D eigenvalue weighted by molar-refractivity contribution is 0.126. The number of likely N-dealkylation sites (tertiary alicyclic amines) is 1. The lowest BCUT2D eigenvalue weighted by atomic mass is 10.1. The van der Waals surface area contributed by atoms with Crippen LogP contribution in [-0.4, -0.2) is 50.8 Å². The molecule has 2 unspecified atom stereocenters. The molecule has 1 aliphatic heterocycles. The summed E-state index contributed by atoms with van der Waals surface area (Å²) in [6.45, 7) is 5.53. The highest BCUT2D eigenvalue weighted by molar-refractivity contribution is 4.77. The molecule has 0 spiro atoms. The quantitative estimate of drug-likeness (QED) is 0.750. The van der Waals surface area contributed by atoms with Crippen LogP contribution in [0.2, 0.25) is 0 Å². The van der Waals surface area contributed by atoms with Crippen molar-refractivity contribution < 1.29 is 4.74 Å². The van der Waals surface area contributed by atoms with Gasteiger partial charge >= 0.3 is 0 Å². The predicted molar refractivity (Wildman–Crippen MR) is 64.2 cm³/mol. The van der Waals surface area contributed by atoms with Crippen LogP contribution in [0.5, 0.6) is 0 Å². The molecule has 0 aliphatic carbocycles. The van der Waals surface area contributed by atoms with Gasteiger partial charge in [-0.25, -0.2) is 0 Å². The Bertz CT molecular complexity index is 164. The minimum absolute atomic E-state index is 0.468. The van der Waals surface area contributed by atoms with Crippen LogP contribution in [0.25, 0.3) is 0 Å². The summed E-state index contributed by atoms with van der Waals surface area (Å²) in [7, 11) is 3.79. The van der Waals surface area contributed by atoms with Gasteiger partial charge in [-0.3, -0.25) is 4.90 Å². The van der Waals surface area contributed by atoms with Gasteiger partial charge in [0.15, 0.2) is 0 Å². The summed E-state index contributed by atoms with van der Waals surface area (Å²) in [5.41, 5.74) is 0. The second-order valence-electron chi connectivity index (χ2n) is 4.63. The van der Waals surface area contributed by atoms with E-state index in [1.54, 1.807) is 7.11 Å². The maximum absolute atomic E-state index is 5.21. The molecule has 1 aliphatic rings. The monoisotopic (exact) mass is 214 g/mol. The van der Waals surface area contributed by atoms with Gasteiger partial charge in [0.25, 0.3) is 0 Å². The second kappa shape index (κ2) is 7.20. The van der Waals surface area contributed by atoms with E-state index < -0.39 is 0 Å². The molecular weight excluding hydrogens is 188 g/mol. The Morgan fingerprint density at radius 1 is 1.40 bits per heavy atom. The van der Waals surface area contributed by atoms with Crippen molar-refractivity contribution in [2.24, 2.45) is 0 Å². The normalized spacial score (nSPS) is 26.2. The topological polar surface area (TPSA) is 24.5 Å². The van der Waals surface area contributed by atoms with Crippen LogP contribution in [0.3, 0.4) is 0 Å². The average Bonchev–Trinajstić information content (AvgIpc) is 2.43. The minimum atomic E-state index is 0.468. The first-order valence-electron chi connectivity index (χ1n) is 6.18. The van der Waals surface area contributed by atoms with Gasteiger partial charge in [0, 0.05) is 25.7 Å². The molecule has 0 aromatic rings. The highest BCUT2D eigenvalue weighted by atomic mass is 16.5. The third-order valence-corrected chi connectivity index (χ3v) is 3.42. The summed E-state index contributed by atoms with van der Waals surface area (Å²) in [5, 5.41) is 3.32. The molecule has 1 saturated heterocycles. The fourth-order valence-corrected chi connectivity index (χ4v) is 2.32. The van der Waals surface area contributed by atoms with Crippen molar-refractivity contribution >= 4 is 0 Å². The zero-order chi connectivity index (χ0) is 11.1. The number of likely N-dealkylation sites (N-methyl/N-ethyl adjacent to an activating group) is 1. The van der Waals surface area contributed by atoms with Gasteiger partial charge in [-0.15, -0.1) is 0 Å². The van der Waals surface area contributed by atoms with Gasteiger partial charge in [0.05, 0.1) is 6.61 Å². The Kier molecular flexibility index (Phi) is 6.22. The van der Waals surface area contributed by atoms with Crippen molar-refractivity contribution in [1.82, 2.24) is 10.2 Å². The first kappa shape index (κ1) is 12.9. The predicted octanol–water partition coefficient (Wildman–Crippen LogP) is 1.49. The molecule has 0 aromatic carbocycles. The summed E-state index contributed by atoms with van der Waals surface area (Å²) in [4.78, 5) is 2.60. The van der Waals surface area contributed by atoms with Crippen molar-refractivity contribution in [3.05, 3.63) is 0 Å². The Morgan fingerprint density at radius 3 is 2.87 bits per heavy atom. The number of ether oxygens (including phenoxy) is 1. The van der Waals surface area contributed by atoms with E-state index in [0.717, 1.165) is 19.2 Å². The van der Waals surface area contributed by atoms with E-state index in [4.69, 9.17) is 4.74 Å². The zero-order valence-electron chi connectivity index (χ0n) is 10.5. The maximum Gasteiger partial charge on any atom is 0.0628 e. The standard InChI is InChI=1S/C12H26N2O/c1-11-7-5-4-6-8-14(11)9-12(13-2)10-15-3/h11-13H,4-10H2,1-3H3. The Balaban J connectivity index is 2.38. The van der Waals surface area contributed by atoms with Crippen molar-refractivity contribution in [1.29, 1.82) is 0 Å². The number of hydrogen-bond acceptors (Lipinski definition) is 3. The smallest absolute Gasteiger partial charge is 0.0628 e. The van der Waals surface area contributed by atoms with E-state index >= 15 is 0 Å². The molecule has 1 N–H and O–H groups in total. The summed E-state index contributed by atoms with van der Waals surface area (Å²) in [6.07, 6.45) is 5.50. The lowest BCUT2D eigenvalue weighted by Gasteiger charge is -2.30. The summed E-state index contributed by atoms with van der Waals surface area (Å²) in [6, 6.07) is 1.20. The number of nitrogens with one attached hydrogen (secondary N) is 1. The SMILES string of the molecule is CNC(COC)CN1CCCCCC1C. The van der Waals surface area contributed by atoms with E-state index in [9.17, 15) is 0 Å². The molecule has 3 heteroatoms. The molecule has 0 amide bonds. The van der Waals surface area contributed by atoms with Gasteiger partial charge in [0.1, 0.15) is 0 Å². The maximum atomic E-state index is 5.21. The van der Waals surface area contributed by atoms with Crippen molar-refractivity contribution in [2.75, 3.05) is 33.9 Å². The van der Waals surface area contributed by atoms with Crippen LogP contribution in [0.4, 0.5) is 0 Å². The van der Waals surface area contributed by atoms with Crippen LogP contribution in [-0.2, 0) is 4.74 Å². The lowest BCUT2D eigenvalue weighted by Crippen LogP contribution is -2.45. The molecule has 90 valence electrons. The number of methoxy groups -OCH3 is 1. The summed E-state index contributed by atoms with van der Waals surface area (Å²) >= 11 is 0. The van der Waals surface area contributed by atoms with Gasteiger partial charge in [-0.2, -0.15) is 0 Å². The van der Waals surface area contributed by atoms with E-state index in [1.165, 1.54) is 32.2 Å². The molecule has 0 bridgehead atoms. The molecule has 1 rings (SSSR count). The van der Waals surface area contributed by atoms with E-state index in [2.05, 4.69) is 17.1 Å². The van der Waals surface area contributed by atoms with Crippen LogP contribution in [0.1, 0.15) is 32.6 Å². The third kappa shape index (κ3) is 4.49. The minimum Gasteiger partial charge on any atom is -0.383 e. The summed E-state index contributed by atoms with van der Waals surface area (Å²) < 4.78 is 5.21. The van der Waals surface area contributed by atoms with E-state index in [1.807, 2.05) is 7.05 Å². The van der Waals surface area contributed by atoms with Crippen LogP contribution in [0, 0.1) is 0 Å². The molecule has 15 heavy (non-hydrogen) atoms. The molecule has 0 radical (unpaired) electrons. The number of hydrogen-bond donors (Lipinski definition) is 1. The Morgan fingerprint density at radius 2 is 2.20 bits per heavy atom. The molecule has 3 nitrogen and oxygen atoms in total. The number of rotatable bonds is 5. The fraction of sp³-hybridized carbons (Fsp3) is 1.00. The van der Waals surface area contributed by atoms with Crippen LogP contribution < -0.4 is 5.32 Å². The average molecular weight is 214 g/mol. The first-order chi connectivity index (χ1) is 7.27. The molecular formula is C12H26N2O. The Hall–Kier alpha value is -0.120. The van der Waals surface area contributed by atoms with Crippen LogP contribution in [0.15, 0.2) is 0 Å². The van der Waals surface area contributed by atoms with Crippen molar-refractivity contribution in [2.45, 2.75) is 44.7 Å². The van der Waals surface area contributed by atoms with Gasteiger partial charge in [-0.05, 0) is 33.4 Å². The largest absolute Gasteiger partial charge is 0.383 e. The Labute approximate surface area is 94.2 Å².